The highest BCUT2D eigenvalue weighted by atomic mass is 28.4. The van der Waals surface area contributed by atoms with E-state index in [2.05, 4.69) is 67.7 Å². The van der Waals surface area contributed by atoms with Crippen LogP contribution in [0.3, 0.4) is 0 Å². The standard InChI is InChI=1S/C36H43NO8Si2/c1-35(2,3)46(7,8)44-29-15-11-27(12-16-29)42-33(40)24-21-25(23-26(22-24)37-31(38)19-20-32(37)39)34(41)43-28-13-17-30(18-14-28)45-47(9,10)36(4,5)6/h11-23H,1-10H3. The van der Waals surface area contributed by atoms with Crippen LogP contribution in [0.25, 0.3) is 0 Å². The Hall–Kier alpha value is -4.49. The molecule has 0 unspecified atom stereocenters. The van der Waals surface area contributed by atoms with E-state index in [0.29, 0.717) is 11.5 Å². The van der Waals surface area contributed by atoms with E-state index in [1.165, 1.54) is 18.2 Å². The lowest BCUT2D eigenvalue weighted by atomic mass is 10.1. The van der Waals surface area contributed by atoms with Crippen LogP contribution in [-0.2, 0) is 9.59 Å². The molecule has 1 heterocycles. The van der Waals surface area contributed by atoms with Crippen LogP contribution in [0.4, 0.5) is 5.69 Å². The van der Waals surface area contributed by atoms with Gasteiger partial charge in [0, 0.05) is 12.2 Å². The van der Waals surface area contributed by atoms with Crippen LogP contribution in [0.2, 0.25) is 36.3 Å². The molecule has 3 aromatic rings. The highest BCUT2D eigenvalue weighted by molar-refractivity contribution is 6.75. The first-order chi connectivity index (χ1) is 21.7. The fourth-order valence-corrected chi connectivity index (χ4v) is 6.07. The van der Waals surface area contributed by atoms with Gasteiger partial charge in [0.15, 0.2) is 0 Å². The van der Waals surface area contributed by atoms with Crippen molar-refractivity contribution in [3.63, 3.8) is 0 Å². The Morgan fingerprint density at radius 1 is 0.553 bits per heavy atom. The molecule has 4 rings (SSSR count). The summed E-state index contributed by atoms with van der Waals surface area (Å²) in [6.45, 7) is 21.4. The van der Waals surface area contributed by atoms with Gasteiger partial charge < -0.3 is 18.3 Å². The first-order valence-electron chi connectivity index (χ1n) is 15.4. The smallest absolute Gasteiger partial charge is 0.343 e. The SMILES string of the molecule is CC(C)(C)[Si](C)(C)Oc1ccc(OC(=O)c2cc(C(=O)Oc3ccc(O[Si](C)(C)C(C)(C)C)cc3)cc(N3C(=O)C=CC3=O)c2)cc1. The predicted molar refractivity (Wildman–Crippen MR) is 187 cm³/mol. The van der Waals surface area contributed by atoms with Gasteiger partial charge in [-0.3, -0.25) is 9.59 Å². The minimum Gasteiger partial charge on any atom is -0.543 e. The van der Waals surface area contributed by atoms with Crippen molar-refractivity contribution in [1.82, 2.24) is 0 Å². The third-order valence-corrected chi connectivity index (χ3v) is 17.6. The van der Waals surface area contributed by atoms with Crippen molar-refractivity contribution in [2.24, 2.45) is 0 Å². The summed E-state index contributed by atoms with van der Waals surface area (Å²) in [5.74, 6) is -0.951. The van der Waals surface area contributed by atoms with Crippen molar-refractivity contribution in [2.75, 3.05) is 4.90 Å². The quantitative estimate of drug-likeness (QED) is 0.0966. The lowest BCUT2D eigenvalue weighted by Gasteiger charge is -2.36. The van der Waals surface area contributed by atoms with Gasteiger partial charge in [-0.05, 0) is 103 Å². The number of anilines is 1. The number of benzene rings is 3. The maximum atomic E-state index is 13.3. The van der Waals surface area contributed by atoms with E-state index in [-0.39, 0.29) is 38.4 Å². The van der Waals surface area contributed by atoms with E-state index < -0.39 is 40.4 Å². The van der Waals surface area contributed by atoms with Crippen molar-refractivity contribution in [2.45, 2.75) is 77.8 Å². The Kier molecular flexibility index (Phi) is 9.75. The molecule has 9 nitrogen and oxygen atoms in total. The molecule has 11 heteroatoms. The fourth-order valence-electron chi connectivity index (χ4n) is 4.01. The molecule has 3 aromatic carbocycles. The second-order valence-electron chi connectivity index (χ2n) is 14.6. The summed E-state index contributed by atoms with van der Waals surface area (Å²) >= 11 is 0. The van der Waals surface area contributed by atoms with Crippen molar-refractivity contribution in [3.05, 3.63) is 90.0 Å². The van der Waals surface area contributed by atoms with E-state index in [9.17, 15) is 19.2 Å². The van der Waals surface area contributed by atoms with Gasteiger partial charge in [0.05, 0.1) is 16.8 Å². The van der Waals surface area contributed by atoms with Crippen molar-refractivity contribution >= 4 is 46.1 Å². The zero-order valence-corrected chi connectivity index (χ0v) is 30.7. The second kappa shape index (κ2) is 13.0. The van der Waals surface area contributed by atoms with Gasteiger partial charge in [-0.25, -0.2) is 14.5 Å². The molecule has 0 N–H and O–H groups in total. The van der Waals surface area contributed by atoms with Crippen LogP contribution in [0, 0.1) is 0 Å². The molecule has 0 radical (unpaired) electrons. The zero-order valence-electron chi connectivity index (χ0n) is 28.7. The molecular formula is C36H43NO8Si2. The Bertz CT molecular complexity index is 1590. The van der Waals surface area contributed by atoms with E-state index in [1.54, 1.807) is 48.5 Å². The van der Waals surface area contributed by atoms with Gasteiger partial charge in [-0.1, -0.05) is 41.5 Å². The number of esters is 2. The van der Waals surface area contributed by atoms with Crippen LogP contribution >= 0.6 is 0 Å². The number of rotatable bonds is 9. The first kappa shape index (κ1) is 35.4. The Balaban J connectivity index is 1.56. The molecule has 0 spiro atoms. The molecule has 2 amide bonds. The van der Waals surface area contributed by atoms with Crippen LogP contribution in [0.15, 0.2) is 78.9 Å². The normalized spacial score (nSPS) is 13.9. The summed E-state index contributed by atoms with van der Waals surface area (Å²) in [6, 6.07) is 17.4. The topological polar surface area (TPSA) is 108 Å². The Labute approximate surface area is 278 Å². The van der Waals surface area contributed by atoms with Crippen molar-refractivity contribution < 1.29 is 37.5 Å². The lowest BCUT2D eigenvalue weighted by Crippen LogP contribution is -2.43. The summed E-state index contributed by atoms with van der Waals surface area (Å²) in [5, 5.41) is 0.0242. The largest absolute Gasteiger partial charge is 0.543 e. The molecule has 0 aromatic heterocycles. The van der Waals surface area contributed by atoms with Crippen LogP contribution in [-0.4, -0.2) is 40.4 Å². The number of hydrogen-bond acceptors (Lipinski definition) is 8. The van der Waals surface area contributed by atoms with Gasteiger partial charge in [0.25, 0.3) is 11.8 Å². The molecule has 0 saturated carbocycles. The van der Waals surface area contributed by atoms with Gasteiger partial charge in [0.1, 0.15) is 23.0 Å². The van der Waals surface area contributed by atoms with Crippen LogP contribution in [0.5, 0.6) is 23.0 Å². The molecule has 1 aliphatic rings. The molecule has 1 aliphatic heterocycles. The average Bonchev–Trinajstić information content (AvgIpc) is 3.30. The highest BCUT2D eigenvalue weighted by Crippen LogP contribution is 2.39. The first-order valence-corrected chi connectivity index (χ1v) is 21.2. The number of amides is 2. The van der Waals surface area contributed by atoms with E-state index in [4.69, 9.17) is 18.3 Å². The number of carbonyl (C=O) groups is 4. The number of imide groups is 1. The molecular weight excluding hydrogens is 631 g/mol. The fraction of sp³-hybridized carbons (Fsp3) is 0.333. The number of nitrogens with zero attached hydrogens (tertiary/aromatic N) is 1. The Morgan fingerprint density at radius 3 is 1.19 bits per heavy atom. The summed E-state index contributed by atoms with van der Waals surface area (Å²) in [4.78, 5) is 52.5. The third kappa shape index (κ3) is 8.27. The molecule has 0 aliphatic carbocycles. The summed E-state index contributed by atoms with van der Waals surface area (Å²) in [7, 11) is -4.13. The Morgan fingerprint density at radius 2 is 0.872 bits per heavy atom. The minimum atomic E-state index is -2.06. The number of carbonyl (C=O) groups excluding carboxylic acids is 4. The predicted octanol–water partition coefficient (Wildman–Crippen LogP) is 8.32. The van der Waals surface area contributed by atoms with Gasteiger partial charge in [-0.15, -0.1) is 0 Å². The zero-order chi connectivity index (χ0) is 34.9. The molecule has 0 bridgehead atoms. The number of ether oxygens (including phenoxy) is 2. The maximum absolute atomic E-state index is 13.3. The van der Waals surface area contributed by atoms with E-state index >= 15 is 0 Å². The van der Waals surface area contributed by atoms with E-state index in [1.807, 2.05) is 0 Å². The van der Waals surface area contributed by atoms with E-state index in [0.717, 1.165) is 17.1 Å². The lowest BCUT2D eigenvalue weighted by molar-refractivity contribution is -0.120. The summed E-state index contributed by atoms with van der Waals surface area (Å²) in [5.41, 5.74) is -0.0778. The minimum absolute atomic E-state index is 0.0121. The molecule has 0 atom stereocenters. The van der Waals surface area contributed by atoms with Crippen molar-refractivity contribution in [1.29, 1.82) is 0 Å². The maximum Gasteiger partial charge on any atom is 0.343 e. The third-order valence-electron chi connectivity index (χ3n) is 8.88. The van der Waals surface area contributed by atoms with Crippen molar-refractivity contribution in [3.8, 4) is 23.0 Å². The van der Waals surface area contributed by atoms with Gasteiger partial charge in [0.2, 0.25) is 16.6 Å². The molecule has 0 saturated heterocycles. The second-order valence-corrected chi connectivity index (χ2v) is 24.0. The summed E-state index contributed by atoms with van der Waals surface area (Å²) < 4.78 is 23.8. The van der Waals surface area contributed by atoms with Gasteiger partial charge >= 0.3 is 11.9 Å². The molecule has 0 fully saturated rings. The van der Waals surface area contributed by atoms with Crippen LogP contribution < -0.4 is 23.2 Å². The summed E-state index contributed by atoms with van der Waals surface area (Å²) in [6.07, 6.45) is 2.23. The number of hydrogen-bond donors (Lipinski definition) is 0. The molecule has 47 heavy (non-hydrogen) atoms. The average molecular weight is 674 g/mol. The van der Waals surface area contributed by atoms with Gasteiger partial charge in [-0.2, -0.15) is 0 Å². The highest BCUT2D eigenvalue weighted by Gasteiger charge is 2.40. The monoisotopic (exact) mass is 673 g/mol. The van der Waals surface area contributed by atoms with Crippen LogP contribution in [0.1, 0.15) is 62.3 Å². The molecule has 248 valence electrons.